The van der Waals surface area contributed by atoms with Gasteiger partial charge in [-0.15, -0.1) is 0 Å². The number of aromatic hydroxyl groups is 1. The van der Waals surface area contributed by atoms with Crippen LogP contribution in [-0.4, -0.2) is 13.4 Å². The molecule has 0 aliphatic carbocycles. The number of rotatable bonds is 4. The highest BCUT2D eigenvalue weighted by Crippen LogP contribution is 2.51. The van der Waals surface area contributed by atoms with Crippen molar-refractivity contribution < 1.29 is 9.53 Å². The molecule has 0 saturated carbocycles. The molecule has 0 aromatic heterocycles. The Morgan fingerprint density at radius 1 is 0.667 bits per heavy atom. The molecule has 0 heterocycles. The lowest BCUT2D eigenvalue weighted by atomic mass is 9.74. The van der Waals surface area contributed by atoms with Gasteiger partial charge in [0.05, 0.1) is 0 Å². The van der Waals surface area contributed by atoms with Crippen LogP contribution in [0.25, 0.3) is 22.3 Å². The third kappa shape index (κ3) is 5.42. The monoisotopic (exact) mass is 502 g/mol. The van der Waals surface area contributed by atoms with Crippen molar-refractivity contribution in [3.63, 3.8) is 0 Å². The second kappa shape index (κ2) is 9.41. The molecule has 0 fully saturated rings. The number of hydrogen-bond acceptors (Lipinski definition) is 2. The molecule has 1 N–H and O–H groups in total. The Morgan fingerprint density at radius 3 is 1.61 bits per heavy atom. The van der Waals surface area contributed by atoms with E-state index in [-0.39, 0.29) is 10.8 Å². The van der Waals surface area contributed by atoms with Gasteiger partial charge in [-0.2, -0.15) is 0 Å². The molecule has 0 saturated heterocycles. The first-order chi connectivity index (χ1) is 16.3. The maximum atomic E-state index is 11.1. The van der Waals surface area contributed by atoms with Crippen LogP contribution >= 0.6 is 0 Å². The first-order valence-electron chi connectivity index (χ1n) is 13.1. The van der Waals surface area contributed by atoms with Gasteiger partial charge < -0.3 is 9.53 Å². The summed E-state index contributed by atoms with van der Waals surface area (Å²) in [5.74, 6) is 1.32. The van der Waals surface area contributed by atoms with Crippen molar-refractivity contribution in [3.05, 3.63) is 69.8 Å². The van der Waals surface area contributed by atoms with Crippen molar-refractivity contribution in [2.75, 3.05) is 0 Å². The van der Waals surface area contributed by atoms with Crippen LogP contribution in [-0.2, 0) is 10.8 Å². The summed E-state index contributed by atoms with van der Waals surface area (Å²) in [7, 11) is -1.95. The van der Waals surface area contributed by atoms with Gasteiger partial charge in [0.15, 0.2) is 0 Å². The number of phenols is 1. The highest BCUT2D eigenvalue weighted by molar-refractivity contribution is 6.70. The third-order valence-corrected chi connectivity index (χ3v) is 7.91. The predicted molar refractivity (Wildman–Crippen MR) is 159 cm³/mol. The van der Waals surface area contributed by atoms with Gasteiger partial charge in [0.1, 0.15) is 11.5 Å². The molecule has 3 heteroatoms. The van der Waals surface area contributed by atoms with Gasteiger partial charge in [-0.1, -0.05) is 71.9 Å². The summed E-state index contributed by atoms with van der Waals surface area (Å²) in [6.45, 7) is 29.2. The molecular weight excluding hydrogens is 456 g/mol. The Balaban J connectivity index is 2.70. The van der Waals surface area contributed by atoms with E-state index in [4.69, 9.17) is 4.43 Å². The van der Waals surface area contributed by atoms with Crippen molar-refractivity contribution >= 4 is 8.32 Å². The number of aryl methyl sites for hydroxylation is 2. The van der Waals surface area contributed by atoms with Crippen LogP contribution in [0.1, 0.15) is 74.9 Å². The van der Waals surface area contributed by atoms with Crippen molar-refractivity contribution in [1.29, 1.82) is 0 Å². The van der Waals surface area contributed by atoms with Gasteiger partial charge in [0.25, 0.3) is 0 Å². The van der Waals surface area contributed by atoms with Gasteiger partial charge in [-0.25, -0.2) is 0 Å². The summed E-state index contributed by atoms with van der Waals surface area (Å²) in [6, 6.07) is 12.4. The minimum Gasteiger partial charge on any atom is -0.544 e. The van der Waals surface area contributed by atoms with E-state index in [9.17, 15) is 5.11 Å². The van der Waals surface area contributed by atoms with E-state index in [0.717, 1.165) is 16.9 Å². The fourth-order valence-electron chi connectivity index (χ4n) is 4.95. The number of phenolic OH excluding ortho intramolecular Hbond substituents is 1. The van der Waals surface area contributed by atoms with E-state index in [1.807, 2.05) is 18.2 Å². The molecule has 3 aromatic rings. The molecule has 2 nitrogen and oxygen atoms in total. The Bertz CT molecular complexity index is 1300. The zero-order chi connectivity index (χ0) is 27.4. The first-order valence-corrected chi connectivity index (χ1v) is 16.5. The summed E-state index contributed by atoms with van der Waals surface area (Å²) >= 11 is 0. The molecule has 0 bridgehead atoms. The van der Waals surface area contributed by atoms with E-state index in [2.05, 4.69) is 101 Å². The molecular formula is C33H46O2Si. The number of para-hydroxylation sites is 1. The van der Waals surface area contributed by atoms with Crippen molar-refractivity contribution in [3.8, 4) is 33.8 Å². The second-order valence-electron chi connectivity index (χ2n) is 13.4. The van der Waals surface area contributed by atoms with E-state index in [1.54, 1.807) is 6.07 Å². The Kier molecular flexibility index (Phi) is 7.33. The topological polar surface area (TPSA) is 29.5 Å². The average molecular weight is 503 g/mol. The predicted octanol–water partition coefficient (Wildman–Crippen LogP) is 9.77. The summed E-state index contributed by atoms with van der Waals surface area (Å²) in [5, 5.41) is 11.1. The van der Waals surface area contributed by atoms with Gasteiger partial charge >= 0.3 is 0 Å². The van der Waals surface area contributed by atoms with Gasteiger partial charge in [-0.05, 0) is 109 Å². The van der Waals surface area contributed by atoms with Crippen LogP contribution in [0.2, 0.25) is 19.6 Å². The molecule has 0 atom stereocenters. The molecule has 3 rings (SSSR count). The largest absolute Gasteiger partial charge is 0.544 e. The fraction of sp³-hybridized carbons (Fsp3) is 0.455. The zero-order valence-corrected chi connectivity index (χ0v) is 25.8. The smallest absolute Gasteiger partial charge is 0.242 e. The molecule has 3 aromatic carbocycles. The fourth-order valence-corrected chi connectivity index (χ4v) is 5.77. The Morgan fingerprint density at radius 2 is 1.14 bits per heavy atom. The second-order valence-corrected chi connectivity index (χ2v) is 17.8. The minimum absolute atomic E-state index is 0.0815. The molecule has 0 amide bonds. The summed E-state index contributed by atoms with van der Waals surface area (Å²) in [6.07, 6.45) is 0. The van der Waals surface area contributed by atoms with Crippen LogP contribution < -0.4 is 4.43 Å². The lowest BCUT2D eigenvalue weighted by molar-refractivity contribution is 0.477. The molecule has 0 aliphatic rings. The van der Waals surface area contributed by atoms with Crippen molar-refractivity contribution in [1.82, 2.24) is 0 Å². The highest BCUT2D eigenvalue weighted by atomic mass is 28.4. The van der Waals surface area contributed by atoms with Crippen LogP contribution in [0.4, 0.5) is 0 Å². The maximum Gasteiger partial charge on any atom is 0.242 e. The van der Waals surface area contributed by atoms with E-state index in [0.29, 0.717) is 5.75 Å². The average Bonchev–Trinajstić information content (AvgIpc) is 2.71. The molecule has 0 spiro atoms. The lowest BCUT2D eigenvalue weighted by Crippen LogP contribution is -2.31. The maximum absolute atomic E-state index is 11.1. The lowest BCUT2D eigenvalue weighted by Gasteiger charge is -2.34. The number of hydrogen-bond donors (Lipinski definition) is 1. The third-order valence-electron chi connectivity index (χ3n) is 7.09. The van der Waals surface area contributed by atoms with E-state index >= 15 is 0 Å². The van der Waals surface area contributed by atoms with Crippen LogP contribution in [0.5, 0.6) is 11.5 Å². The standard InChI is InChI=1S/C33H46O2Si/c1-20-18-25(32(5,6)7)30(24-16-14-15-17-27(24)34)28(22(20)3)29-23(4)21(2)19-26(33(8,9)10)31(29)35-36(11,12)13/h14-19,34H,1-13H3. The first kappa shape index (κ1) is 28.1. The Hall–Kier alpha value is -2.52. The van der Waals surface area contributed by atoms with E-state index in [1.165, 1.54) is 44.5 Å². The summed E-state index contributed by atoms with van der Waals surface area (Å²) < 4.78 is 7.00. The minimum atomic E-state index is -1.95. The zero-order valence-electron chi connectivity index (χ0n) is 24.8. The van der Waals surface area contributed by atoms with Gasteiger partial charge in [0.2, 0.25) is 8.32 Å². The normalized spacial score (nSPS) is 12.7. The van der Waals surface area contributed by atoms with Crippen LogP contribution in [0.3, 0.4) is 0 Å². The highest BCUT2D eigenvalue weighted by Gasteiger charge is 2.32. The van der Waals surface area contributed by atoms with E-state index < -0.39 is 8.32 Å². The molecule has 0 unspecified atom stereocenters. The summed E-state index contributed by atoms with van der Waals surface area (Å²) in [4.78, 5) is 0. The van der Waals surface area contributed by atoms with Crippen molar-refractivity contribution in [2.24, 2.45) is 0 Å². The SMILES string of the molecule is Cc1cc(C(C)(C)C)c(O[Si](C)(C)C)c(-c2c(C)c(C)cc(C(C)(C)C)c2-c2ccccc2O)c1C. The Labute approximate surface area is 220 Å². The number of benzene rings is 3. The van der Waals surface area contributed by atoms with Crippen LogP contribution in [0.15, 0.2) is 36.4 Å². The van der Waals surface area contributed by atoms with Crippen LogP contribution in [0, 0.1) is 27.7 Å². The van der Waals surface area contributed by atoms with Gasteiger partial charge in [-0.3, -0.25) is 0 Å². The molecule has 36 heavy (non-hydrogen) atoms. The molecule has 194 valence electrons. The molecule has 0 aliphatic heterocycles. The molecule has 0 radical (unpaired) electrons. The van der Waals surface area contributed by atoms with Gasteiger partial charge in [0, 0.05) is 11.1 Å². The van der Waals surface area contributed by atoms with Crippen molar-refractivity contribution in [2.45, 2.75) is 99.7 Å². The summed E-state index contributed by atoms with van der Waals surface area (Å²) in [5.41, 5.74) is 11.6. The quantitative estimate of drug-likeness (QED) is 0.360.